The molecule has 43 heavy (non-hydrogen) atoms. The van der Waals surface area contributed by atoms with Gasteiger partial charge in [0, 0.05) is 77.6 Å². The summed E-state index contributed by atoms with van der Waals surface area (Å²) in [6, 6.07) is 7.79. The second-order valence-electron chi connectivity index (χ2n) is 11.6. The number of hydrogen-bond donors (Lipinski definition) is 2. The van der Waals surface area contributed by atoms with Crippen LogP contribution in [0.25, 0.3) is 11.1 Å². The van der Waals surface area contributed by atoms with Gasteiger partial charge >= 0.3 is 0 Å². The molecule has 0 bridgehead atoms. The van der Waals surface area contributed by atoms with E-state index in [1.807, 2.05) is 64.5 Å². The zero-order valence-electron chi connectivity index (χ0n) is 26.3. The summed E-state index contributed by atoms with van der Waals surface area (Å²) < 4.78 is 13.4. The Morgan fingerprint density at radius 1 is 1.19 bits per heavy atom. The number of aryl methyl sites for hydroxylation is 1. The van der Waals surface area contributed by atoms with E-state index in [2.05, 4.69) is 38.9 Å². The first kappa shape index (κ1) is 30.9. The highest BCUT2D eigenvalue weighted by Crippen LogP contribution is 2.52. The van der Waals surface area contributed by atoms with Crippen LogP contribution in [-0.4, -0.2) is 66.0 Å². The molecule has 4 heterocycles. The molecule has 5 rings (SSSR count). The number of carbonyl (C=O) groups excluding carboxylic acids is 1. The zero-order chi connectivity index (χ0) is 30.9. The van der Waals surface area contributed by atoms with Crippen molar-refractivity contribution in [1.82, 2.24) is 20.2 Å². The predicted octanol–water partition coefficient (Wildman–Crippen LogP) is 5.38. The molecule has 1 aromatic carbocycles. The Hall–Kier alpha value is -3.50. The van der Waals surface area contributed by atoms with Crippen LogP contribution in [0, 0.1) is 19.8 Å². The van der Waals surface area contributed by atoms with Gasteiger partial charge in [0.25, 0.3) is 17.3 Å². The van der Waals surface area contributed by atoms with Crippen molar-refractivity contribution in [2.75, 3.05) is 44.4 Å². The SMILES string of the molecule is CCN1CCC([C@@]2(C)Oc3c(-c4ccc(N(C)CC)nc4)cc(C(=O)NCc4c(SC)cc(C)[nH]c4=O)c(C)c3O2)CC1. The Labute approximate surface area is 258 Å². The number of likely N-dealkylation sites (tertiary alicyclic amines) is 1. The fourth-order valence-corrected chi connectivity index (χ4v) is 6.71. The number of hydrogen-bond acceptors (Lipinski definition) is 8. The van der Waals surface area contributed by atoms with E-state index in [1.165, 1.54) is 11.8 Å². The molecule has 9 nitrogen and oxygen atoms in total. The van der Waals surface area contributed by atoms with Crippen molar-refractivity contribution < 1.29 is 14.3 Å². The average molecular weight is 606 g/mol. The van der Waals surface area contributed by atoms with Crippen molar-refractivity contribution in [3.05, 3.63) is 63.2 Å². The third-order valence-electron chi connectivity index (χ3n) is 8.91. The summed E-state index contributed by atoms with van der Waals surface area (Å²) in [5.41, 5.74) is 3.92. The predicted molar refractivity (Wildman–Crippen MR) is 173 cm³/mol. The first-order valence-electron chi connectivity index (χ1n) is 15.1. The number of piperidine rings is 1. The first-order chi connectivity index (χ1) is 20.6. The molecule has 0 radical (unpaired) electrons. The van der Waals surface area contributed by atoms with Crippen LogP contribution in [0.3, 0.4) is 0 Å². The lowest BCUT2D eigenvalue weighted by Gasteiger charge is -2.38. The maximum atomic E-state index is 13.8. The minimum atomic E-state index is -0.838. The van der Waals surface area contributed by atoms with E-state index in [0.717, 1.165) is 66.6 Å². The molecule has 0 spiro atoms. The zero-order valence-corrected chi connectivity index (χ0v) is 27.1. The van der Waals surface area contributed by atoms with Gasteiger partial charge in [-0.05, 0) is 83.8 Å². The minimum absolute atomic E-state index is 0.112. The summed E-state index contributed by atoms with van der Waals surface area (Å²) in [6.45, 7) is 14.0. The van der Waals surface area contributed by atoms with Gasteiger partial charge in [-0.2, -0.15) is 0 Å². The number of pyridine rings is 2. The molecular weight excluding hydrogens is 562 g/mol. The molecule has 2 aliphatic heterocycles. The van der Waals surface area contributed by atoms with Crippen molar-refractivity contribution in [2.24, 2.45) is 5.92 Å². The number of nitrogens with one attached hydrogen (secondary N) is 2. The Morgan fingerprint density at radius 3 is 2.53 bits per heavy atom. The number of aromatic nitrogens is 2. The number of rotatable bonds is 9. The Bertz CT molecular complexity index is 1550. The Kier molecular flexibility index (Phi) is 9.08. The maximum Gasteiger partial charge on any atom is 0.254 e. The van der Waals surface area contributed by atoms with Gasteiger partial charge in [-0.15, -0.1) is 11.8 Å². The summed E-state index contributed by atoms with van der Waals surface area (Å²) in [5.74, 6) is 1.20. The van der Waals surface area contributed by atoms with Crippen molar-refractivity contribution in [3.63, 3.8) is 0 Å². The average Bonchev–Trinajstić information content (AvgIpc) is 3.39. The molecule has 0 saturated carbocycles. The molecule has 2 aromatic heterocycles. The smallest absolute Gasteiger partial charge is 0.254 e. The molecule has 2 N–H and O–H groups in total. The molecule has 0 unspecified atom stereocenters. The second-order valence-corrected chi connectivity index (χ2v) is 12.5. The van der Waals surface area contributed by atoms with Gasteiger partial charge in [-0.25, -0.2) is 4.98 Å². The van der Waals surface area contributed by atoms with Gasteiger partial charge in [-0.3, -0.25) is 9.59 Å². The lowest BCUT2D eigenvalue weighted by atomic mass is 9.89. The topological polar surface area (TPSA) is 99.8 Å². The number of anilines is 1. The maximum absolute atomic E-state index is 13.8. The lowest BCUT2D eigenvalue weighted by molar-refractivity contribution is -0.124. The summed E-state index contributed by atoms with van der Waals surface area (Å²) in [5, 5.41) is 2.99. The van der Waals surface area contributed by atoms with Gasteiger partial charge in [0.05, 0.1) is 0 Å². The Morgan fingerprint density at radius 2 is 1.91 bits per heavy atom. The highest BCUT2D eigenvalue weighted by molar-refractivity contribution is 7.98. The number of benzene rings is 1. The molecule has 230 valence electrons. The van der Waals surface area contributed by atoms with E-state index in [4.69, 9.17) is 9.47 Å². The summed E-state index contributed by atoms with van der Waals surface area (Å²) >= 11 is 1.49. The van der Waals surface area contributed by atoms with Crippen LogP contribution in [0.5, 0.6) is 11.5 Å². The fourth-order valence-electron chi connectivity index (χ4n) is 6.01. The molecule has 1 atom stereocenters. The monoisotopic (exact) mass is 605 g/mol. The summed E-state index contributed by atoms with van der Waals surface area (Å²) in [6.07, 6.45) is 5.70. The van der Waals surface area contributed by atoms with Crippen LogP contribution in [0.15, 0.2) is 40.2 Å². The van der Waals surface area contributed by atoms with Gasteiger partial charge < -0.3 is 29.6 Å². The second kappa shape index (κ2) is 12.6. The highest BCUT2D eigenvalue weighted by atomic mass is 32.2. The normalized spacial score (nSPS) is 18.6. The van der Waals surface area contributed by atoms with E-state index in [9.17, 15) is 9.59 Å². The van der Waals surface area contributed by atoms with E-state index in [0.29, 0.717) is 28.2 Å². The molecule has 3 aromatic rings. The van der Waals surface area contributed by atoms with Gasteiger partial charge in [-0.1, -0.05) is 6.92 Å². The summed E-state index contributed by atoms with van der Waals surface area (Å²) in [7, 11) is 2.00. The number of amides is 1. The van der Waals surface area contributed by atoms with Crippen molar-refractivity contribution in [3.8, 4) is 22.6 Å². The van der Waals surface area contributed by atoms with Crippen LogP contribution >= 0.6 is 11.8 Å². The summed E-state index contributed by atoms with van der Waals surface area (Å²) in [4.78, 5) is 39.4. The molecule has 1 amide bonds. The third-order valence-corrected chi connectivity index (χ3v) is 9.72. The van der Waals surface area contributed by atoms with Crippen molar-refractivity contribution in [2.45, 2.75) is 64.7 Å². The van der Waals surface area contributed by atoms with E-state index >= 15 is 0 Å². The quantitative estimate of drug-likeness (QED) is 0.314. The van der Waals surface area contributed by atoms with Gasteiger partial charge in [0.2, 0.25) is 0 Å². The lowest BCUT2D eigenvalue weighted by Crippen LogP contribution is -2.48. The van der Waals surface area contributed by atoms with Crippen LogP contribution in [0.4, 0.5) is 5.82 Å². The fraction of sp³-hybridized carbons (Fsp3) is 0.485. The molecule has 2 aliphatic rings. The molecule has 1 saturated heterocycles. The number of carbonyl (C=O) groups is 1. The number of H-pyrrole nitrogens is 1. The van der Waals surface area contributed by atoms with Gasteiger partial charge in [0.15, 0.2) is 11.5 Å². The van der Waals surface area contributed by atoms with E-state index in [1.54, 1.807) is 0 Å². The molecule has 10 heteroatoms. The number of ether oxygens (including phenoxy) is 2. The molecular formula is C33H43N5O4S. The molecule has 1 fully saturated rings. The van der Waals surface area contributed by atoms with Crippen molar-refractivity contribution in [1.29, 1.82) is 0 Å². The van der Waals surface area contributed by atoms with Crippen LogP contribution in [0.2, 0.25) is 0 Å². The molecule has 0 aliphatic carbocycles. The van der Waals surface area contributed by atoms with Crippen LogP contribution < -0.4 is 25.2 Å². The van der Waals surface area contributed by atoms with Crippen LogP contribution in [-0.2, 0) is 6.54 Å². The third kappa shape index (κ3) is 6.13. The van der Waals surface area contributed by atoms with Crippen molar-refractivity contribution >= 4 is 23.5 Å². The Balaban J connectivity index is 1.51. The number of nitrogens with zero attached hydrogens (tertiary/aromatic N) is 3. The largest absolute Gasteiger partial charge is 0.448 e. The standard InChI is InChI=1S/C33H43N5O4S/c1-8-37(6)28-11-10-22(18-34-28)25-17-24(31(39)35-19-26-27(43-7)16-20(3)36-32(26)40)21(4)29-30(25)42-33(5,41-29)23-12-14-38(9-2)15-13-23/h10-11,16-18,23H,8-9,12-15,19H2,1-7H3,(H,35,39)(H,36,40)/t33-/m1/s1. The minimum Gasteiger partial charge on any atom is -0.448 e. The van der Waals surface area contributed by atoms with E-state index < -0.39 is 5.79 Å². The number of thioether (sulfide) groups is 1. The first-order valence-corrected chi connectivity index (χ1v) is 16.3. The van der Waals surface area contributed by atoms with Crippen LogP contribution in [0.1, 0.15) is 60.8 Å². The number of aromatic amines is 1. The highest BCUT2D eigenvalue weighted by Gasteiger charge is 2.47. The van der Waals surface area contributed by atoms with Gasteiger partial charge in [0.1, 0.15) is 5.82 Å². The van der Waals surface area contributed by atoms with E-state index in [-0.39, 0.29) is 23.9 Å². The number of fused-ring (bicyclic) bond motifs is 1.